The van der Waals surface area contributed by atoms with E-state index in [9.17, 15) is 4.79 Å². The number of carbonyl (C=O) groups excluding carboxylic acids is 1. The molecule has 2 amide bonds. The number of hydrogen-bond donors (Lipinski definition) is 1. The van der Waals surface area contributed by atoms with Crippen molar-refractivity contribution in [2.45, 2.75) is 0 Å². The van der Waals surface area contributed by atoms with E-state index in [-0.39, 0.29) is 6.03 Å². The molecule has 1 aliphatic rings. The third kappa shape index (κ3) is 4.39. The number of carbonyl (C=O) groups is 1. The summed E-state index contributed by atoms with van der Waals surface area (Å²) >= 11 is 0. The highest BCUT2D eigenvalue weighted by atomic mass is 16.5. The zero-order valence-electron chi connectivity index (χ0n) is 18.3. The lowest BCUT2D eigenvalue weighted by Gasteiger charge is -2.35. The van der Waals surface area contributed by atoms with Gasteiger partial charge in [0.15, 0.2) is 11.5 Å². The molecule has 0 atom stereocenters. The fraction of sp³-hybridized carbons (Fsp3) is 0.318. The minimum atomic E-state index is -0.186. The molecule has 1 aliphatic heterocycles. The first kappa shape index (κ1) is 21.3. The number of methoxy groups -OCH3 is 3. The van der Waals surface area contributed by atoms with Crippen LogP contribution in [0.4, 0.5) is 16.3 Å². The predicted octanol–water partition coefficient (Wildman–Crippen LogP) is 2.65. The molecule has 32 heavy (non-hydrogen) atoms. The topological polar surface area (TPSA) is 94.0 Å². The summed E-state index contributed by atoms with van der Waals surface area (Å²) in [7, 11) is 4.62. The molecular weight excluding hydrogens is 412 g/mol. The van der Waals surface area contributed by atoms with Gasteiger partial charge in [0, 0.05) is 56.8 Å². The van der Waals surface area contributed by atoms with Crippen molar-refractivity contribution in [3.63, 3.8) is 0 Å². The van der Waals surface area contributed by atoms with Crippen LogP contribution in [0.5, 0.6) is 17.2 Å². The van der Waals surface area contributed by atoms with Gasteiger partial charge in [0.1, 0.15) is 18.0 Å². The van der Waals surface area contributed by atoms with Crippen molar-refractivity contribution in [1.29, 1.82) is 0 Å². The maximum Gasteiger partial charge on any atom is 0.321 e. The van der Waals surface area contributed by atoms with Gasteiger partial charge < -0.3 is 33.9 Å². The highest BCUT2D eigenvalue weighted by molar-refractivity contribution is 5.90. The summed E-state index contributed by atoms with van der Waals surface area (Å²) in [4.78, 5) is 25.5. The first-order valence-corrected chi connectivity index (χ1v) is 10.2. The SMILES string of the molecule is COc1cc(NC(=O)N2CCN(c3cc(-n4cccc4)ncn3)CC2)cc(OC)c1OC. The summed E-state index contributed by atoms with van der Waals surface area (Å²) in [6.07, 6.45) is 5.45. The van der Waals surface area contributed by atoms with E-state index in [1.165, 1.54) is 21.3 Å². The summed E-state index contributed by atoms with van der Waals surface area (Å²) in [5, 5.41) is 2.92. The fourth-order valence-corrected chi connectivity index (χ4v) is 3.63. The number of urea groups is 1. The number of anilines is 2. The van der Waals surface area contributed by atoms with E-state index in [2.05, 4.69) is 20.2 Å². The van der Waals surface area contributed by atoms with Crippen molar-refractivity contribution < 1.29 is 19.0 Å². The number of benzene rings is 1. The summed E-state index contributed by atoms with van der Waals surface area (Å²) in [6.45, 7) is 2.48. The first-order valence-electron chi connectivity index (χ1n) is 10.2. The van der Waals surface area contributed by atoms with E-state index in [4.69, 9.17) is 14.2 Å². The van der Waals surface area contributed by atoms with Gasteiger partial charge in [-0.3, -0.25) is 0 Å². The summed E-state index contributed by atoms with van der Waals surface area (Å²) < 4.78 is 18.0. The van der Waals surface area contributed by atoms with Crippen LogP contribution >= 0.6 is 0 Å². The molecule has 0 unspecified atom stereocenters. The van der Waals surface area contributed by atoms with Crippen LogP contribution in [0.15, 0.2) is 49.1 Å². The van der Waals surface area contributed by atoms with Gasteiger partial charge in [0.05, 0.1) is 27.0 Å². The van der Waals surface area contributed by atoms with E-state index in [0.29, 0.717) is 49.1 Å². The molecule has 10 heteroatoms. The van der Waals surface area contributed by atoms with Crippen molar-refractivity contribution in [2.75, 3.05) is 57.7 Å². The van der Waals surface area contributed by atoms with Gasteiger partial charge in [-0.15, -0.1) is 0 Å². The van der Waals surface area contributed by atoms with Crippen molar-refractivity contribution in [3.8, 4) is 23.1 Å². The molecule has 10 nitrogen and oxygen atoms in total. The maximum atomic E-state index is 12.8. The van der Waals surface area contributed by atoms with Crippen LogP contribution in [-0.2, 0) is 0 Å². The number of ether oxygens (including phenoxy) is 3. The molecule has 1 fully saturated rings. The monoisotopic (exact) mass is 438 g/mol. The molecule has 1 saturated heterocycles. The standard InChI is InChI=1S/C22H26N6O4/c1-30-17-12-16(13-18(31-2)21(17)32-3)25-22(29)28-10-8-27(9-11-28)20-14-19(23-15-24-20)26-6-4-5-7-26/h4-7,12-15H,8-11H2,1-3H3,(H,25,29). The molecule has 1 aromatic carbocycles. The van der Waals surface area contributed by atoms with Crippen LogP contribution < -0.4 is 24.4 Å². The molecule has 0 aliphatic carbocycles. The number of amides is 2. The molecule has 0 radical (unpaired) electrons. The van der Waals surface area contributed by atoms with Crippen molar-refractivity contribution in [2.24, 2.45) is 0 Å². The van der Waals surface area contributed by atoms with E-state index >= 15 is 0 Å². The lowest BCUT2D eigenvalue weighted by atomic mass is 10.2. The van der Waals surface area contributed by atoms with Crippen molar-refractivity contribution >= 4 is 17.5 Å². The summed E-state index contributed by atoms with van der Waals surface area (Å²) in [6, 6.07) is 9.08. The van der Waals surface area contributed by atoms with Gasteiger partial charge in [-0.25, -0.2) is 14.8 Å². The Morgan fingerprint density at radius 1 is 0.875 bits per heavy atom. The third-order valence-corrected chi connectivity index (χ3v) is 5.31. The van der Waals surface area contributed by atoms with Gasteiger partial charge in [-0.1, -0.05) is 0 Å². The molecule has 0 spiro atoms. The van der Waals surface area contributed by atoms with Crippen LogP contribution in [0.25, 0.3) is 5.82 Å². The van der Waals surface area contributed by atoms with Crippen LogP contribution in [0.1, 0.15) is 0 Å². The fourth-order valence-electron chi connectivity index (χ4n) is 3.63. The Bertz CT molecular complexity index is 1040. The van der Waals surface area contributed by atoms with Gasteiger partial charge in [0.2, 0.25) is 5.75 Å². The second kappa shape index (κ2) is 9.46. The smallest absolute Gasteiger partial charge is 0.321 e. The van der Waals surface area contributed by atoms with Gasteiger partial charge >= 0.3 is 6.03 Å². The Balaban J connectivity index is 1.40. The number of hydrogen-bond acceptors (Lipinski definition) is 7. The molecule has 168 valence electrons. The van der Waals surface area contributed by atoms with Crippen LogP contribution in [-0.4, -0.2) is 73.0 Å². The number of piperazine rings is 1. The quantitative estimate of drug-likeness (QED) is 0.632. The van der Waals surface area contributed by atoms with Crippen LogP contribution in [0.3, 0.4) is 0 Å². The first-order chi connectivity index (χ1) is 15.6. The highest BCUT2D eigenvalue weighted by Gasteiger charge is 2.23. The Hall–Kier alpha value is -3.95. The molecule has 2 aromatic heterocycles. The number of nitrogens with zero attached hydrogens (tertiary/aromatic N) is 5. The average molecular weight is 438 g/mol. The normalized spacial score (nSPS) is 13.6. The van der Waals surface area contributed by atoms with E-state index in [1.54, 1.807) is 23.4 Å². The molecule has 0 saturated carbocycles. The number of aromatic nitrogens is 3. The van der Waals surface area contributed by atoms with Crippen molar-refractivity contribution in [3.05, 3.63) is 49.1 Å². The number of rotatable bonds is 6. The minimum absolute atomic E-state index is 0.186. The maximum absolute atomic E-state index is 12.8. The molecular formula is C22H26N6O4. The zero-order valence-corrected chi connectivity index (χ0v) is 18.3. The van der Waals surface area contributed by atoms with E-state index < -0.39 is 0 Å². The van der Waals surface area contributed by atoms with Crippen molar-refractivity contribution in [1.82, 2.24) is 19.4 Å². The zero-order chi connectivity index (χ0) is 22.5. The largest absolute Gasteiger partial charge is 0.493 e. The summed E-state index contributed by atoms with van der Waals surface area (Å²) in [5.74, 6) is 3.09. The molecule has 0 bridgehead atoms. The van der Waals surface area contributed by atoms with E-state index in [0.717, 1.165) is 11.6 Å². The minimum Gasteiger partial charge on any atom is -0.493 e. The molecule has 3 heterocycles. The van der Waals surface area contributed by atoms with Crippen LogP contribution in [0, 0.1) is 0 Å². The number of nitrogens with one attached hydrogen (secondary N) is 1. The third-order valence-electron chi connectivity index (χ3n) is 5.31. The Morgan fingerprint density at radius 3 is 2.09 bits per heavy atom. The van der Waals surface area contributed by atoms with Gasteiger partial charge in [0.25, 0.3) is 0 Å². The molecule has 1 N–H and O–H groups in total. The summed E-state index contributed by atoms with van der Waals surface area (Å²) in [5.41, 5.74) is 0.569. The lowest BCUT2D eigenvalue weighted by Crippen LogP contribution is -2.50. The Labute approximate surface area is 186 Å². The van der Waals surface area contributed by atoms with Crippen LogP contribution in [0.2, 0.25) is 0 Å². The average Bonchev–Trinajstić information content (AvgIpc) is 3.38. The van der Waals surface area contributed by atoms with Gasteiger partial charge in [-0.2, -0.15) is 0 Å². The van der Waals surface area contributed by atoms with E-state index in [1.807, 2.05) is 35.2 Å². The predicted molar refractivity (Wildman–Crippen MR) is 120 cm³/mol. The second-order valence-electron chi connectivity index (χ2n) is 7.14. The molecule has 4 rings (SSSR count). The Morgan fingerprint density at radius 2 is 1.50 bits per heavy atom. The lowest BCUT2D eigenvalue weighted by molar-refractivity contribution is 0.208. The second-order valence-corrected chi connectivity index (χ2v) is 7.14. The Kier molecular flexibility index (Phi) is 6.29. The highest BCUT2D eigenvalue weighted by Crippen LogP contribution is 2.40. The van der Waals surface area contributed by atoms with Gasteiger partial charge in [-0.05, 0) is 12.1 Å². The molecule has 3 aromatic rings.